The molecule has 3 N–H and O–H groups in total. The van der Waals surface area contributed by atoms with Crippen LogP contribution in [0.2, 0.25) is 0 Å². The maximum Gasteiger partial charge on any atom is 0.323 e. The summed E-state index contributed by atoms with van der Waals surface area (Å²) in [6.07, 6.45) is 4.69. The minimum absolute atomic E-state index is 0.193. The average molecular weight is 294 g/mol. The number of hydrogen-bond donors (Lipinski definition) is 2. The summed E-state index contributed by atoms with van der Waals surface area (Å²) in [5, 5.41) is 0. The lowest BCUT2D eigenvalue weighted by Gasteiger charge is -2.26. The van der Waals surface area contributed by atoms with E-state index in [9.17, 15) is 0 Å². The van der Waals surface area contributed by atoms with Crippen LogP contribution in [0.15, 0.2) is 0 Å². The summed E-state index contributed by atoms with van der Waals surface area (Å²) < 4.78 is 5.94. The van der Waals surface area contributed by atoms with Crippen LogP contribution in [0.1, 0.15) is 46.5 Å². The third-order valence-electron chi connectivity index (χ3n) is 4.01. The molecule has 1 fully saturated rings. The van der Waals surface area contributed by atoms with Crippen LogP contribution in [0.4, 0.5) is 11.9 Å². The number of anilines is 2. The second kappa shape index (κ2) is 7.40. The number of rotatable bonds is 6. The van der Waals surface area contributed by atoms with Gasteiger partial charge in [0.1, 0.15) is 6.10 Å². The lowest BCUT2D eigenvalue weighted by atomic mass is 9.89. The highest BCUT2D eigenvalue weighted by Crippen LogP contribution is 2.26. The zero-order valence-corrected chi connectivity index (χ0v) is 13.2. The van der Waals surface area contributed by atoms with E-state index < -0.39 is 0 Å². The third-order valence-corrected chi connectivity index (χ3v) is 4.01. The highest BCUT2D eigenvalue weighted by atomic mass is 16.5. The zero-order chi connectivity index (χ0) is 15.2. The Morgan fingerprint density at radius 3 is 2.38 bits per heavy atom. The molecule has 0 spiro atoms. The van der Waals surface area contributed by atoms with E-state index in [4.69, 9.17) is 10.6 Å². The molecule has 1 aliphatic rings. The maximum atomic E-state index is 5.94. The molecule has 0 bridgehead atoms. The summed E-state index contributed by atoms with van der Waals surface area (Å²) in [5.74, 6) is 7.17. The number of nitrogens with one attached hydrogen (secondary N) is 1. The summed E-state index contributed by atoms with van der Waals surface area (Å²) in [6.45, 7) is 8.06. The first-order valence-electron chi connectivity index (χ1n) is 7.80. The van der Waals surface area contributed by atoms with Crippen molar-refractivity contribution in [1.29, 1.82) is 0 Å². The first-order chi connectivity index (χ1) is 10.2. The van der Waals surface area contributed by atoms with Crippen molar-refractivity contribution in [3.63, 3.8) is 0 Å². The molecule has 0 saturated heterocycles. The smallest absolute Gasteiger partial charge is 0.323 e. The molecule has 1 heterocycles. The Bertz CT molecular complexity index is 443. The van der Waals surface area contributed by atoms with Crippen LogP contribution in [0, 0.1) is 5.92 Å². The SMILES string of the molecule is CCN(CC)c1nc(NN)nc(OC2CCC(C)CC2)n1. The van der Waals surface area contributed by atoms with E-state index in [-0.39, 0.29) is 6.10 Å². The van der Waals surface area contributed by atoms with Crippen LogP contribution in [-0.2, 0) is 0 Å². The molecular weight excluding hydrogens is 268 g/mol. The summed E-state index contributed by atoms with van der Waals surface area (Å²) >= 11 is 0. The van der Waals surface area contributed by atoms with Crippen molar-refractivity contribution in [3.8, 4) is 6.01 Å². The van der Waals surface area contributed by atoms with E-state index in [1.165, 1.54) is 12.8 Å². The van der Waals surface area contributed by atoms with Crippen molar-refractivity contribution in [1.82, 2.24) is 15.0 Å². The van der Waals surface area contributed by atoms with Crippen molar-refractivity contribution in [2.45, 2.75) is 52.6 Å². The predicted octanol–water partition coefficient (Wildman–Crippen LogP) is 1.96. The largest absolute Gasteiger partial charge is 0.460 e. The van der Waals surface area contributed by atoms with Gasteiger partial charge in [0, 0.05) is 13.1 Å². The fourth-order valence-corrected chi connectivity index (χ4v) is 2.61. The quantitative estimate of drug-likeness (QED) is 0.612. The van der Waals surface area contributed by atoms with Crippen LogP contribution in [0.5, 0.6) is 6.01 Å². The van der Waals surface area contributed by atoms with E-state index in [2.05, 4.69) is 41.1 Å². The second-order valence-corrected chi connectivity index (χ2v) is 5.56. The molecule has 1 aromatic rings. The first-order valence-corrected chi connectivity index (χ1v) is 7.80. The molecule has 1 aromatic heterocycles. The van der Waals surface area contributed by atoms with E-state index in [1.54, 1.807) is 0 Å². The molecule has 0 aliphatic heterocycles. The summed E-state index contributed by atoms with van der Waals surface area (Å²) in [5.41, 5.74) is 2.49. The van der Waals surface area contributed by atoms with Crippen LogP contribution in [-0.4, -0.2) is 34.1 Å². The van der Waals surface area contributed by atoms with Gasteiger partial charge in [-0.3, -0.25) is 5.43 Å². The van der Waals surface area contributed by atoms with Gasteiger partial charge in [-0.05, 0) is 45.4 Å². The Labute approximate surface area is 126 Å². The fourth-order valence-electron chi connectivity index (χ4n) is 2.61. The van der Waals surface area contributed by atoms with Gasteiger partial charge in [0.15, 0.2) is 0 Å². The van der Waals surface area contributed by atoms with Crippen molar-refractivity contribution in [2.24, 2.45) is 11.8 Å². The molecule has 2 rings (SSSR count). The van der Waals surface area contributed by atoms with Crippen molar-refractivity contribution >= 4 is 11.9 Å². The minimum atomic E-state index is 0.193. The number of ether oxygens (including phenoxy) is 1. The minimum Gasteiger partial charge on any atom is -0.460 e. The van der Waals surface area contributed by atoms with Crippen molar-refractivity contribution < 1.29 is 4.74 Å². The maximum absolute atomic E-state index is 5.94. The van der Waals surface area contributed by atoms with Gasteiger partial charge in [-0.1, -0.05) is 6.92 Å². The molecule has 118 valence electrons. The van der Waals surface area contributed by atoms with E-state index in [1.807, 2.05) is 4.90 Å². The number of hydrogen-bond acceptors (Lipinski definition) is 7. The Balaban J connectivity index is 2.12. The standard InChI is InChI=1S/C14H26N6O/c1-4-20(5-2)13-16-12(19-15)17-14(18-13)21-11-8-6-10(3)7-9-11/h10-11H,4-9,15H2,1-3H3,(H,16,17,18,19). The second-order valence-electron chi connectivity index (χ2n) is 5.56. The highest BCUT2D eigenvalue weighted by molar-refractivity contribution is 5.37. The molecule has 7 nitrogen and oxygen atoms in total. The van der Waals surface area contributed by atoms with Gasteiger partial charge in [0.25, 0.3) is 0 Å². The van der Waals surface area contributed by atoms with Crippen LogP contribution in [0.3, 0.4) is 0 Å². The van der Waals surface area contributed by atoms with Gasteiger partial charge in [-0.15, -0.1) is 0 Å². The monoisotopic (exact) mass is 294 g/mol. The third kappa shape index (κ3) is 4.17. The molecule has 1 saturated carbocycles. The molecule has 0 atom stereocenters. The topological polar surface area (TPSA) is 89.2 Å². The Hall–Kier alpha value is -1.63. The number of nitrogens with zero attached hydrogens (tertiary/aromatic N) is 4. The van der Waals surface area contributed by atoms with Crippen LogP contribution < -0.4 is 20.9 Å². The molecule has 0 aromatic carbocycles. The van der Waals surface area contributed by atoms with E-state index in [0.717, 1.165) is 31.8 Å². The lowest BCUT2D eigenvalue weighted by Crippen LogP contribution is -2.27. The van der Waals surface area contributed by atoms with Gasteiger partial charge in [0.2, 0.25) is 11.9 Å². The lowest BCUT2D eigenvalue weighted by molar-refractivity contribution is 0.124. The zero-order valence-electron chi connectivity index (χ0n) is 13.2. The molecule has 0 unspecified atom stereocenters. The Morgan fingerprint density at radius 1 is 1.14 bits per heavy atom. The Morgan fingerprint density at radius 2 is 1.81 bits per heavy atom. The molecular formula is C14H26N6O. The number of nitrogen functional groups attached to an aromatic ring is 1. The fraction of sp³-hybridized carbons (Fsp3) is 0.786. The summed E-state index contributed by atoms with van der Waals surface area (Å²) in [7, 11) is 0. The van der Waals surface area contributed by atoms with Crippen LogP contribution in [0.25, 0.3) is 0 Å². The van der Waals surface area contributed by atoms with Gasteiger partial charge in [-0.2, -0.15) is 15.0 Å². The molecule has 0 radical (unpaired) electrons. The molecule has 0 amide bonds. The molecule has 1 aliphatic carbocycles. The number of aromatic nitrogens is 3. The van der Waals surface area contributed by atoms with Gasteiger partial charge >= 0.3 is 6.01 Å². The van der Waals surface area contributed by atoms with Gasteiger partial charge in [0.05, 0.1) is 0 Å². The highest BCUT2D eigenvalue weighted by Gasteiger charge is 2.21. The summed E-state index contributed by atoms with van der Waals surface area (Å²) in [6, 6.07) is 0.361. The van der Waals surface area contributed by atoms with Gasteiger partial charge in [-0.25, -0.2) is 5.84 Å². The van der Waals surface area contributed by atoms with Crippen molar-refractivity contribution in [2.75, 3.05) is 23.4 Å². The summed E-state index contributed by atoms with van der Waals surface area (Å²) in [4.78, 5) is 15.0. The predicted molar refractivity (Wildman–Crippen MR) is 83.2 cm³/mol. The number of nitrogens with two attached hydrogens (primary N) is 1. The average Bonchev–Trinajstić information content (AvgIpc) is 2.50. The van der Waals surface area contributed by atoms with E-state index in [0.29, 0.717) is 17.9 Å². The van der Waals surface area contributed by atoms with Gasteiger partial charge < -0.3 is 9.64 Å². The molecule has 7 heteroatoms. The van der Waals surface area contributed by atoms with E-state index >= 15 is 0 Å². The Kier molecular flexibility index (Phi) is 5.55. The van der Waals surface area contributed by atoms with Crippen LogP contribution >= 0.6 is 0 Å². The van der Waals surface area contributed by atoms with Crippen molar-refractivity contribution in [3.05, 3.63) is 0 Å². The molecule has 21 heavy (non-hydrogen) atoms. The first kappa shape index (κ1) is 15.8. The number of hydrazine groups is 1. The normalized spacial score (nSPS) is 21.9.